The molecule has 1 heterocycles. The number of hydrogen-bond acceptors (Lipinski definition) is 4. The van der Waals surface area contributed by atoms with Crippen molar-refractivity contribution in [2.75, 3.05) is 12.4 Å². The topological polar surface area (TPSA) is 54.0 Å². The van der Waals surface area contributed by atoms with Gasteiger partial charge in [0.2, 0.25) is 5.91 Å². The molecule has 2 N–H and O–H groups in total. The van der Waals surface area contributed by atoms with Crippen molar-refractivity contribution in [1.82, 2.24) is 10.3 Å². The number of benzene rings is 1. The lowest BCUT2D eigenvalue weighted by Gasteiger charge is -2.04. The summed E-state index contributed by atoms with van der Waals surface area (Å²) < 4.78 is 0. The van der Waals surface area contributed by atoms with Crippen molar-refractivity contribution >= 4 is 22.4 Å². The van der Waals surface area contributed by atoms with E-state index in [1.807, 2.05) is 43.6 Å². The number of nitrogens with one attached hydrogen (secondary N) is 2. The lowest BCUT2D eigenvalue weighted by atomic mass is 10.1. The lowest BCUT2D eigenvalue weighted by molar-refractivity contribution is -0.120. The molecule has 0 aliphatic heterocycles. The molecule has 0 radical (unpaired) electrons. The summed E-state index contributed by atoms with van der Waals surface area (Å²) in [7, 11) is 1.82. The molecule has 5 heteroatoms. The standard InChI is InChI=1S/C14H17N3OS/c1-10-3-5-11(6-4-10)8-16-13(18)7-12-9-19-14(15-2)17-12/h3-6,9H,7-8H2,1-2H3,(H,15,17)(H,16,18). The van der Waals surface area contributed by atoms with Crippen molar-refractivity contribution in [1.29, 1.82) is 0 Å². The summed E-state index contributed by atoms with van der Waals surface area (Å²) >= 11 is 1.51. The minimum absolute atomic E-state index is 0.00599. The number of hydrogen-bond donors (Lipinski definition) is 2. The molecule has 0 saturated heterocycles. The van der Waals surface area contributed by atoms with Crippen LogP contribution in [0.25, 0.3) is 0 Å². The van der Waals surface area contributed by atoms with E-state index in [9.17, 15) is 4.79 Å². The monoisotopic (exact) mass is 275 g/mol. The average molecular weight is 275 g/mol. The van der Waals surface area contributed by atoms with Gasteiger partial charge in [-0.25, -0.2) is 4.98 Å². The van der Waals surface area contributed by atoms with Gasteiger partial charge >= 0.3 is 0 Å². The fourth-order valence-electron chi connectivity index (χ4n) is 1.64. The average Bonchev–Trinajstić information content (AvgIpc) is 2.86. The van der Waals surface area contributed by atoms with Gasteiger partial charge in [-0.3, -0.25) is 4.79 Å². The maximum atomic E-state index is 11.8. The Hall–Kier alpha value is -1.88. The highest BCUT2D eigenvalue weighted by Gasteiger charge is 2.06. The summed E-state index contributed by atoms with van der Waals surface area (Å²) in [6, 6.07) is 8.14. The Bertz CT molecular complexity index is 548. The second kappa shape index (κ2) is 6.33. The summed E-state index contributed by atoms with van der Waals surface area (Å²) in [5, 5.41) is 8.59. The van der Waals surface area contributed by atoms with Crippen LogP contribution in [-0.4, -0.2) is 17.9 Å². The van der Waals surface area contributed by atoms with Gasteiger partial charge in [-0.2, -0.15) is 0 Å². The first-order valence-electron chi connectivity index (χ1n) is 6.12. The smallest absolute Gasteiger partial charge is 0.226 e. The van der Waals surface area contributed by atoms with Crippen LogP contribution < -0.4 is 10.6 Å². The second-order valence-corrected chi connectivity index (χ2v) is 5.19. The number of thiazole rings is 1. The highest BCUT2D eigenvalue weighted by molar-refractivity contribution is 7.13. The molecule has 0 spiro atoms. The summed E-state index contributed by atoms with van der Waals surface area (Å²) in [5.41, 5.74) is 3.13. The van der Waals surface area contributed by atoms with Gasteiger partial charge in [-0.15, -0.1) is 11.3 Å². The van der Waals surface area contributed by atoms with Crippen LogP contribution in [-0.2, 0) is 17.8 Å². The van der Waals surface area contributed by atoms with Crippen LogP contribution in [0.4, 0.5) is 5.13 Å². The molecule has 0 unspecified atom stereocenters. The molecular weight excluding hydrogens is 258 g/mol. The van der Waals surface area contributed by atoms with Crippen LogP contribution in [0.1, 0.15) is 16.8 Å². The van der Waals surface area contributed by atoms with E-state index >= 15 is 0 Å². The van der Waals surface area contributed by atoms with Gasteiger partial charge in [-0.05, 0) is 12.5 Å². The summed E-state index contributed by atoms with van der Waals surface area (Å²) in [6.07, 6.45) is 0.323. The molecule has 0 aliphatic rings. The molecule has 1 aromatic carbocycles. The first-order chi connectivity index (χ1) is 9.17. The third kappa shape index (κ3) is 4.06. The molecule has 0 bridgehead atoms. The zero-order valence-corrected chi connectivity index (χ0v) is 11.9. The molecule has 2 rings (SSSR count). The molecule has 1 amide bonds. The molecule has 0 aliphatic carbocycles. The molecular formula is C14H17N3OS. The summed E-state index contributed by atoms with van der Waals surface area (Å²) in [6.45, 7) is 2.60. The first-order valence-corrected chi connectivity index (χ1v) is 7.00. The van der Waals surface area contributed by atoms with Gasteiger partial charge < -0.3 is 10.6 Å². The lowest BCUT2D eigenvalue weighted by Crippen LogP contribution is -2.24. The Kier molecular flexibility index (Phi) is 4.52. The van der Waals surface area contributed by atoms with Gasteiger partial charge in [0, 0.05) is 19.0 Å². The minimum atomic E-state index is -0.00599. The van der Waals surface area contributed by atoms with Gasteiger partial charge in [0.25, 0.3) is 0 Å². The third-order valence-electron chi connectivity index (χ3n) is 2.72. The Morgan fingerprint density at radius 3 is 2.68 bits per heavy atom. The maximum Gasteiger partial charge on any atom is 0.226 e. The van der Waals surface area contributed by atoms with Crippen LogP contribution in [0.5, 0.6) is 0 Å². The van der Waals surface area contributed by atoms with E-state index < -0.39 is 0 Å². The molecule has 0 atom stereocenters. The Morgan fingerprint density at radius 1 is 1.32 bits per heavy atom. The van der Waals surface area contributed by atoms with Gasteiger partial charge in [0.1, 0.15) is 0 Å². The van der Waals surface area contributed by atoms with E-state index in [2.05, 4.69) is 15.6 Å². The van der Waals surface area contributed by atoms with E-state index in [0.717, 1.165) is 16.4 Å². The zero-order valence-electron chi connectivity index (χ0n) is 11.1. The first kappa shape index (κ1) is 13.5. The van der Waals surface area contributed by atoms with Gasteiger partial charge in [-0.1, -0.05) is 29.8 Å². The van der Waals surface area contributed by atoms with Crippen molar-refractivity contribution in [3.8, 4) is 0 Å². The summed E-state index contributed by atoms with van der Waals surface area (Å²) in [5.74, 6) is -0.00599. The van der Waals surface area contributed by atoms with Crippen LogP contribution in [0.2, 0.25) is 0 Å². The van der Waals surface area contributed by atoms with E-state index in [-0.39, 0.29) is 5.91 Å². The Morgan fingerprint density at radius 2 is 2.05 bits per heavy atom. The van der Waals surface area contributed by atoms with Crippen molar-refractivity contribution in [2.45, 2.75) is 19.9 Å². The zero-order chi connectivity index (χ0) is 13.7. The molecule has 4 nitrogen and oxygen atoms in total. The molecule has 1 aromatic heterocycles. The predicted molar refractivity (Wildman–Crippen MR) is 78.4 cm³/mol. The summed E-state index contributed by atoms with van der Waals surface area (Å²) in [4.78, 5) is 16.1. The van der Waals surface area contributed by atoms with E-state index in [0.29, 0.717) is 13.0 Å². The highest BCUT2D eigenvalue weighted by Crippen LogP contribution is 2.14. The highest BCUT2D eigenvalue weighted by atomic mass is 32.1. The number of amides is 1. The van der Waals surface area contributed by atoms with Gasteiger partial charge in [0.05, 0.1) is 12.1 Å². The quantitative estimate of drug-likeness (QED) is 0.880. The Balaban J connectivity index is 1.82. The van der Waals surface area contributed by atoms with Crippen molar-refractivity contribution < 1.29 is 4.79 Å². The number of aromatic nitrogens is 1. The fraction of sp³-hybridized carbons (Fsp3) is 0.286. The molecule has 0 fully saturated rings. The second-order valence-electron chi connectivity index (χ2n) is 4.33. The molecule has 0 saturated carbocycles. The molecule has 2 aromatic rings. The molecule has 100 valence electrons. The number of aryl methyl sites for hydroxylation is 1. The van der Waals surface area contributed by atoms with Crippen LogP contribution in [0.3, 0.4) is 0 Å². The van der Waals surface area contributed by atoms with E-state index in [1.54, 1.807) is 0 Å². The van der Waals surface area contributed by atoms with Gasteiger partial charge in [0.15, 0.2) is 5.13 Å². The number of rotatable bonds is 5. The fourth-order valence-corrected chi connectivity index (χ4v) is 2.31. The van der Waals surface area contributed by atoms with Crippen LogP contribution in [0, 0.1) is 6.92 Å². The number of nitrogens with zero attached hydrogens (tertiary/aromatic N) is 1. The SMILES string of the molecule is CNc1nc(CC(=O)NCc2ccc(C)cc2)cs1. The normalized spacial score (nSPS) is 10.2. The number of anilines is 1. The third-order valence-corrected chi connectivity index (χ3v) is 3.63. The Labute approximate surface area is 116 Å². The van der Waals surface area contributed by atoms with Crippen molar-refractivity contribution in [3.05, 3.63) is 46.5 Å². The predicted octanol–water partition coefficient (Wildman–Crippen LogP) is 2.35. The maximum absolute atomic E-state index is 11.8. The van der Waals surface area contributed by atoms with Crippen LogP contribution >= 0.6 is 11.3 Å². The van der Waals surface area contributed by atoms with Crippen molar-refractivity contribution in [2.24, 2.45) is 0 Å². The molecule has 19 heavy (non-hydrogen) atoms. The van der Waals surface area contributed by atoms with Crippen LogP contribution in [0.15, 0.2) is 29.6 Å². The van der Waals surface area contributed by atoms with Crippen molar-refractivity contribution in [3.63, 3.8) is 0 Å². The largest absolute Gasteiger partial charge is 0.365 e. The number of carbonyl (C=O) groups excluding carboxylic acids is 1. The van der Waals surface area contributed by atoms with E-state index in [1.165, 1.54) is 16.9 Å². The van der Waals surface area contributed by atoms with E-state index in [4.69, 9.17) is 0 Å². The minimum Gasteiger partial charge on any atom is -0.365 e. The number of carbonyl (C=O) groups is 1.